The van der Waals surface area contributed by atoms with Crippen LogP contribution < -0.4 is 16.0 Å². The van der Waals surface area contributed by atoms with Crippen LogP contribution in [0.5, 0.6) is 0 Å². The first kappa shape index (κ1) is 16.8. The van der Waals surface area contributed by atoms with Crippen molar-refractivity contribution in [1.82, 2.24) is 0 Å². The number of rotatable bonds is 6. The molecule has 2 aromatic carbocycles. The number of hydrogen-bond acceptors (Lipinski definition) is 3. The van der Waals surface area contributed by atoms with Gasteiger partial charge in [-0.15, -0.1) is 0 Å². The number of halogens is 1. The third-order valence-corrected chi connectivity index (χ3v) is 3.42. The van der Waals surface area contributed by atoms with E-state index in [0.717, 1.165) is 11.4 Å². The monoisotopic (exact) mass is 331 g/mol. The molecule has 0 unspecified atom stereocenters. The van der Waals surface area contributed by atoms with Crippen LogP contribution in [0.25, 0.3) is 0 Å². The second-order valence-electron chi connectivity index (χ2n) is 4.86. The zero-order valence-corrected chi connectivity index (χ0v) is 13.5. The van der Waals surface area contributed by atoms with E-state index in [-0.39, 0.29) is 18.4 Å². The summed E-state index contributed by atoms with van der Waals surface area (Å²) in [7, 11) is 0. The van der Waals surface area contributed by atoms with Gasteiger partial charge in [-0.25, -0.2) is 0 Å². The second-order valence-corrected chi connectivity index (χ2v) is 5.27. The number of carbonyl (C=O) groups excluding carboxylic acids is 2. The van der Waals surface area contributed by atoms with Gasteiger partial charge in [-0.2, -0.15) is 0 Å². The summed E-state index contributed by atoms with van der Waals surface area (Å²) in [5.41, 5.74) is 2.09. The van der Waals surface area contributed by atoms with Crippen molar-refractivity contribution in [3.8, 4) is 0 Å². The highest BCUT2D eigenvalue weighted by atomic mass is 35.5. The SMILES string of the molecule is CCC(=O)Nc1ccc(NCC(=O)Nc2ccccc2Cl)cc1. The van der Waals surface area contributed by atoms with Crippen LogP contribution in [0.1, 0.15) is 13.3 Å². The Kier molecular flexibility index (Phi) is 6.00. The van der Waals surface area contributed by atoms with Gasteiger partial charge in [-0.05, 0) is 36.4 Å². The normalized spacial score (nSPS) is 10.0. The van der Waals surface area contributed by atoms with Gasteiger partial charge in [0.2, 0.25) is 11.8 Å². The van der Waals surface area contributed by atoms with Crippen molar-refractivity contribution in [2.24, 2.45) is 0 Å². The van der Waals surface area contributed by atoms with Crippen molar-refractivity contribution < 1.29 is 9.59 Å². The van der Waals surface area contributed by atoms with Crippen LogP contribution in [0.4, 0.5) is 17.1 Å². The Bertz CT molecular complexity index is 686. The molecule has 0 aromatic heterocycles. The number of hydrogen-bond donors (Lipinski definition) is 3. The Morgan fingerprint density at radius 1 is 0.913 bits per heavy atom. The zero-order valence-electron chi connectivity index (χ0n) is 12.7. The van der Waals surface area contributed by atoms with Crippen molar-refractivity contribution in [3.05, 3.63) is 53.6 Å². The topological polar surface area (TPSA) is 70.2 Å². The molecule has 0 radical (unpaired) electrons. The standard InChI is InChI=1S/C17H18ClN3O2/c1-2-16(22)20-13-9-7-12(8-10-13)19-11-17(23)21-15-6-4-3-5-14(15)18/h3-10,19H,2,11H2,1H3,(H,20,22)(H,21,23). The molecule has 0 saturated carbocycles. The van der Waals surface area contributed by atoms with E-state index in [9.17, 15) is 9.59 Å². The molecule has 6 heteroatoms. The summed E-state index contributed by atoms with van der Waals surface area (Å²) in [6, 6.07) is 14.2. The minimum Gasteiger partial charge on any atom is -0.376 e. The van der Waals surface area contributed by atoms with Gasteiger partial charge in [-0.1, -0.05) is 30.7 Å². The predicted octanol–water partition coefficient (Wildman–Crippen LogP) is 3.74. The van der Waals surface area contributed by atoms with Gasteiger partial charge in [0, 0.05) is 17.8 Å². The first-order valence-corrected chi connectivity index (χ1v) is 7.64. The number of anilines is 3. The number of carbonyl (C=O) groups is 2. The van der Waals surface area contributed by atoms with Crippen LogP contribution in [0, 0.1) is 0 Å². The Morgan fingerprint density at radius 3 is 2.22 bits per heavy atom. The Hall–Kier alpha value is -2.53. The summed E-state index contributed by atoms with van der Waals surface area (Å²) in [5, 5.41) is 9.00. The zero-order chi connectivity index (χ0) is 16.7. The first-order valence-electron chi connectivity index (χ1n) is 7.26. The molecule has 0 saturated heterocycles. The van der Waals surface area contributed by atoms with Crippen LogP contribution in [0.2, 0.25) is 5.02 Å². The number of nitrogens with one attached hydrogen (secondary N) is 3. The third-order valence-electron chi connectivity index (χ3n) is 3.09. The molecule has 0 atom stereocenters. The largest absolute Gasteiger partial charge is 0.376 e. The lowest BCUT2D eigenvalue weighted by atomic mass is 10.2. The molecule has 0 spiro atoms. The molecule has 2 amide bonds. The van der Waals surface area contributed by atoms with Gasteiger partial charge in [0.1, 0.15) is 0 Å². The van der Waals surface area contributed by atoms with E-state index >= 15 is 0 Å². The summed E-state index contributed by atoms with van der Waals surface area (Å²) in [6.07, 6.45) is 0.433. The van der Waals surface area contributed by atoms with E-state index in [2.05, 4.69) is 16.0 Å². The fourth-order valence-corrected chi connectivity index (χ4v) is 2.04. The summed E-state index contributed by atoms with van der Waals surface area (Å²) in [4.78, 5) is 23.2. The van der Waals surface area contributed by atoms with Gasteiger partial charge < -0.3 is 16.0 Å². The molecule has 2 aromatic rings. The molecule has 5 nitrogen and oxygen atoms in total. The van der Waals surface area contributed by atoms with Crippen molar-refractivity contribution >= 4 is 40.5 Å². The maximum Gasteiger partial charge on any atom is 0.243 e. The molecular weight excluding hydrogens is 314 g/mol. The van der Waals surface area contributed by atoms with Crippen LogP contribution in [0.3, 0.4) is 0 Å². The fraction of sp³-hybridized carbons (Fsp3) is 0.176. The second kappa shape index (κ2) is 8.19. The molecule has 23 heavy (non-hydrogen) atoms. The molecule has 0 bridgehead atoms. The molecule has 0 heterocycles. The van der Waals surface area contributed by atoms with E-state index < -0.39 is 0 Å². The van der Waals surface area contributed by atoms with Crippen LogP contribution >= 0.6 is 11.6 Å². The van der Waals surface area contributed by atoms with Crippen molar-refractivity contribution in [1.29, 1.82) is 0 Å². The maximum atomic E-state index is 11.9. The van der Waals surface area contributed by atoms with Crippen LogP contribution in [0.15, 0.2) is 48.5 Å². The Labute approximate surface area is 140 Å². The van der Waals surface area contributed by atoms with Gasteiger partial charge in [0.25, 0.3) is 0 Å². The number of benzene rings is 2. The average molecular weight is 332 g/mol. The van der Waals surface area contributed by atoms with Crippen LogP contribution in [-0.2, 0) is 9.59 Å². The molecule has 0 aliphatic heterocycles. The van der Waals surface area contributed by atoms with E-state index in [1.807, 2.05) is 0 Å². The molecule has 2 rings (SSSR count). The summed E-state index contributed by atoms with van der Waals surface area (Å²) < 4.78 is 0. The molecule has 0 aliphatic carbocycles. The number of amides is 2. The molecule has 0 fully saturated rings. The van der Waals surface area contributed by atoms with Gasteiger partial charge in [0.05, 0.1) is 17.3 Å². The molecule has 3 N–H and O–H groups in total. The lowest BCUT2D eigenvalue weighted by molar-refractivity contribution is -0.116. The summed E-state index contributed by atoms with van der Waals surface area (Å²) in [6.45, 7) is 1.91. The third kappa shape index (κ3) is 5.30. The fourth-order valence-electron chi connectivity index (χ4n) is 1.86. The average Bonchev–Trinajstić information content (AvgIpc) is 2.56. The minimum atomic E-state index is -0.193. The lowest BCUT2D eigenvalue weighted by Gasteiger charge is -2.10. The van der Waals surface area contributed by atoms with Gasteiger partial charge in [-0.3, -0.25) is 9.59 Å². The van der Waals surface area contributed by atoms with Gasteiger partial charge >= 0.3 is 0 Å². The highest BCUT2D eigenvalue weighted by Crippen LogP contribution is 2.20. The summed E-state index contributed by atoms with van der Waals surface area (Å²) in [5.74, 6) is -0.230. The van der Waals surface area contributed by atoms with E-state index in [1.54, 1.807) is 55.5 Å². The van der Waals surface area contributed by atoms with Crippen molar-refractivity contribution in [3.63, 3.8) is 0 Å². The van der Waals surface area contributed by atoms with Crippen molar-refractivity contribution in [2.45, 2.75) is 13.3 Å². The Morgan fingerprint density at radius 2 is 1.57 bits per heavy atom. The highest BCUT2D eigenvalue weighted by molar-refractivity contribution is 6.33. The Balaban J connectivity index is 1.84. The minimum absolute atomic E-state index is 0.0372. The highest BCUT2D eigenvalue weighted by Gasteiger charge is 2.05. The lowest BCUT2D eigenvalue weighted by Crippen LogP contribution is -2.21. The quantitative estimate of drug-likeness (QED) is 0.755. The van der Waals surface area contributed by atoms with Crippen molar-refractivity contribution in [2.75, 3.05) is 22.5 Å². The van der Waals surface area contributed by atoms with E-state index in [1.165, 1.54) is 0 Å². The molecular formula is C17H18ClN3O2. The van der Waals surface area contributed by atoms with E-state index in [4.69, 9.17) is 11.6 Å². The smallest absolute Gasteiger partial charge is 0.243 e. The molecule has 0 aliphatic rings. The molecule has 120 valence electrons. The summed E-state index contributed by atoms with van der Waals surface area (Å²) >= 11 is 5.99. The van der Waals surface area contributed by atoms with Crippen LogP contribution in [-0.4, -0.2) is 18.4 Å². The van der Waals surface area contributed by atoms with Gasteiger partial charge in [0.15, 0.2) is 0 Å². The predicted molar refractivity (Wildman–Crippen MR) is 93.9 cm³/mol. The maximum absolute atomic E-state index is 11.9. The first-order chi connectivity index (χ1) is 11.1. The van der Waals surface area contributed by atoms with E-state index in [0.29, 0.717) is 17.1 Å². The number of para-hydroxylation sites is 1.